The molecule has 25 heavy (non-hydrogen) atoms. The molecule has 130 valence electrons. The lowest BCUT2D eigenvalue weighted by atomic mass is 9.78. The summed E-state index contributed by atoms with van der Waals surface area (Å²) in [7, 11) is 0. The molecule has 2 aromatic rings. The summed E-state index contributed by atoms with van der Waals surface area (Å²) < 4.78 is 38.6. The van der Waals surface area contributed by atoms with Crippen LogP contribution in [0.15, 0.2) is 42.5 Å². The number of carbonyl (C=O) groups is 2. The molecule has 0 bridgehead atoms. The SMILES string of the molecule is CC1(Cc2cccc(C(N)=O)c2)C(=O)Nc2cc(C(F)(F)F)ccc21. The summed E-state index contributed by atoms with van der Waals surface area (Å²) in [6.45, 7) is 1.67. The van der Waals surface area contributed by atoms with Gasteiger partial charge < -0.3 is 11.1 Å². The molecule has 0 saturated heterocycles. The number of amides is 2. The van der Waals surface area contributed by atoms with E-state index >= 15 is 0 Å². The number of rotatable bonds is 3. The maximum absolute atomic E-state index is 12.9. The molecular formula is C18H15F3N2O2. The minimum atomic E-state index is -4.48. The van der Waals surface area contributed by atoms with Crippen molar-refractivity contribution in [2.45, 2.75) is 24.9 Å². The monoisotopic (exact) mass is 348 g/mol. The maximum Gasteiger partial charge on any atom is 0.416 e. The first-order valence-corrected chi connectivity index (χ1v) is 7.53. The number of hydrogen-bond acceptors (Lipinski definition) is 2. The van der Waals surface area contributed by atoms with Crippen molar-refractivity contribution in [3.05, 3.63) is 64.7 Å². The Morgan fingerprint density at radius 3 is 2.56 bits per heavy atom. The predicted octanol–water partition coefficient (Wildman–Crippen LogP) is 3.26. The third-order valence-corrected chi connectivity index (χ3v) is 4.46. The standard InChI is InChI=1S/C18H15F3N2O2/c1-17(9-10-3-2-4-11(7-10)15(22)24)13-6-5-12(18(19,20)21)8-14(13)23-16(17)25/h2-8H,9H2,1H3,(H2,22,24)(H,23,25). The number of alkyl halides is 3. The van der Waals surface area contributed by atoms with E-state index in [0.717, 1.165) is 12.1 Å². The van der Waals surface area contributed by atoms with Gasteiger partial charge in [-0.3, -0.25) is 9.59 Å². The van der Waals surface area contributed by atoms with Crippen LogP contribution in [0.5, 0.6) is 0 Å². The quantitative estimate of drug-likeness (QED) is 0.894. The highest BCUT2D eigenvalue weighted by Crippen LogP contribution is 2.42. The number of halogens is 3. The highest BCUT2D eigenvalue weighted by atomic mass is 19.4. The number of anilines is 1. The summed E-state index contributed by atoms with van der Waals surface area (Å²) in [6.07, 6.45) is -4.24. The third-order valence-electron chi connectivity index (χ3n) is 4.46. The van der Waals surface area contributed by atoms with Gasteiger partial charge in [0.25, 0.3) is 0 Å². The molecule has 1 unspecified atom stereocenters. The zero-order valence-electron chi connectivity index (χ0n) is 13.3. The molecule has 4 nitrogen and oxygen atoms in total. The summed E-state index contributed by atoms with van der Waals surface area (Å²) in [5, 5.41) is 2.53. The minimum absolute atomic E-state index is 0.161. The molecule has 0 saturated carbocycles. The fourth-order valence-electron chi connectivity index (χ4n) is 3.11. The van der Waals surface area contributed by atoms with Crippen LogP contribution in [0.25, 0.3) is 0 Å². The zero-order valence-corrected chi connectivity index (χ0v) is 13.3. The molecule has 1 aliphatic heterocycles. The van der Waals surface area contributed by atoms with Crippen molar-refractivity contribution >= 4 is 17.5 Å². The molecule has 1 atom stereocenters. The van der Waals surface area contributed by atoms with Crippen LogP contribution in [-0.4, -0.2) is 11.8 Å². The molecule has 0 radical (unpaired) electrons. The summed E-state index contributed by atoms with van der Waals surface area (Å²) in [6, 6.07) is 9.78. The van der Waals surface area contributed by atoms with E-state index in [1.165, 1.54) is 6.07 Å². The van der Waals surface area contributed by atoms with E-state index in [0.29, 0.717) is 16.7 Å². The molecule has 2 aromatic carbocycles. The lowest BCUT2D eigenvalue weighted by Crippen LogP contribution is -2.33. The Morgan fingerprint density at radius 2 is 1.92 bits per heavy atom. The van der Waals surface area contributed by atoms with Crippen molar-refractivity contribution < 1.29 is 22.8 Å². The summed E-state index contributed by atoms with van der Waals surface area (Å²) in [5.74, 6) is -0.968. The normalized spacial score (nSPS) is 19.4. The first-order chi connectivity index (χ1) is 11.6. The average Bonchev–Trinajstić information content (AvgIpc) is 2.77. The Balaban J connectivity index is 1.99. The molecule has 0 spiro atoms. The number of hydrogen-bond donors (Lipinski definition) is 2. The number of carbonyl (C=O) groups excluding carboxylic acids is 2. The minimum Gasteiger partial charge on any atom is -0.366 e. The van der Waals surface area contributed by atoms with Gasteiger partial charge in [-0.25, -0.2) is 0 Å². The van der Waals surface area contributed by atoms with Gasteiger partial charge in [-0.05, 0) is 48.7 Å². The first kappa shape index (κ1) is 17.0. The number of nitrogens with two attached hydrogens (primary N) is 1. The van der Waals surface area contributed by atoms with Crippen LogP contribution < -0.4 is 11.1 Å². The third kappa shape index (κ3) is 2.97. The fourth-order valence-corrected chi connectivity index (χ4v) is 3.11. The molecule has 1 aliphatic rings. The highest BCUT2D eigenvalue weighted by molar-refractivity contribution is 6.06. The van der Waals surface area contributed by atoms with Gasteiger partial charge in [0.2, 0.25) is 11.8 Å². The largest absolute Gasteiger partial charge is 0.416 e. The smallest absolute Gasteiger partial charge is 0.366 e. The number of nitrogens with one attached hydrogen (secondary N) is 1. The van der Waals surface area contributed by atoms with Crippen LogP contribution in [-0.2, 0) is 22.8 Å². The Morgan fingerprint density at radius 1 is 1.20 bits per heavy atom. The topological polar surface area (TPSA) is 72.2 Å². The van der Waals surface area contributed by atoms with Gasteiger partial charge in [0, 0.05) is 11.3 Å². The Labute approximate surface area is 141 Å². The van der Waals surface area contributed by atoms with Gasteiger partial charge in [0.15, 0.2) is 0 Å². The maximum atomic E-state index is 12.9. The predicted molar refractivity (Wildman–Crippen MR) is 86.1 cm³/mol. The van der Waals surface area contributed by atoms with Crippen LogP contribution in [0.3, 0.4) is 0 Å². The summed E-state index contributed by atoms with van der Waals surface area (Å²) in [5.41, 5.74) is 5.08. The van der Waals surface area contributed by atoms with Gasteiger partial charge in [0.1, 0.15) is 0 Å². The average molecular weight is 348 g/mol. The van der Waals surface area contributed by atoms with Crippen LogP contribution in [0, 0.1) is 0 Å². The van der Waals surface area contributed by atoms with Crippen molar-refractivity contribution in [2.24, 2.45) is 5.73 Å². The Hall–Kier alpha value is -2.83. The molecule has 3 rings (SSSR count). The van der Waals surface area contributed by atoms with E-state index in [4.69, 9.17) is 5.73 Å². The second-order valence-electron chi connectivity index (χ2n) is 6.29. The molecule has 0 aromatic heterocycles. The molecule has 7 heteroatoms. The highest BCUT2D eigenvalue weighted by Gasteiger charge is 2.44. The van der Waals surface area contributed by atoms with E-state index in [1.54, 1.807) is 31.2 Å². The van der Waals surface area contributed by atoms with Crippen molar-refractivity contribution in [1.29, 1.82) is 0 Å². The summed E-state index contributed by atoms with van der Waals surface area (Å²) in [4.78, 5) is 23.8. The van der Waals surface area contributed by atoms with Crippen molar-refractivity contribution in [1.82, 2.24) is 0 Å². The van der Waals surface area contributed by atoms with Gasteiger partial charge in [0.05, 0.1) is 11.0 Å². The van der Waals surface area contributed by atoms with Crippen LogP contribution in [0.2, 0.25) is 0 Å². The molecule has 0 fully saturated rings. The fraction of sp³-hybridized carbons (Fsp3) is 0.222. The zero-order chi connectivity index (χ0) is 18.4. The van der Waals surface area contributed by atoms with E-state index in [-0.39, 0.29) is 18.0 Å². The summed E-state index contributed by atoms with van der Waals surface area (Å²) >= 11 is 0. The van der Waals surface area contributed by atoms with Crippen LogP contribution >= 0.6 is 0 Å². The first-order valence-electron chi connectivity index (χ1n) is 7.53. The molecule has 1 heterocycles. The van der Waals surface area contributed by atoms with E-state index in [2.05, 4.69) is 5.32 Å². The van der Waals surface area contributed by atoms with Crippen molar-refractivity contribution in [3.63, 3.8) is 0 Å². The molecule has 3 N–H and O–H groups in total. The Kier molecular flexibility index (Phi) is 3.82. The van der Waals surface area contributed by atoms with Gasteiger partial charge >= 0.3 is 6.18 Å². The lowest BCUT2D eigenvalue weighted by Gasteiger charge is -2.23. The van der Waals surface area contributed by atoms with E-state index < -0.39 is 23.1 Å². The van der Waals surface area contributed by atoms with Crippen LogP contribution in [0.4, 0.5) is 18.9 Å². The van der Waals surface area contributed by atoms with E-state index in [1.807, 2.05) is 0 Å². The number of benzene rings is 2. The lowest BCUT2D eigenvalue weighted by molar-refractivity contribution is -0.137. The van der Waals surface area contributed by atoms with Crippen LogP contribution in [0.1, 0.15) is 34.0 Å². The van der Waals surface area contributed by atoms with Gasteiger partial charge in [-0.2, -0.15) is 13.2 Å². The molecular weight excluding hydrogens is 333 g/mol. The van der Waals surface area contributed by atoms with Gasteiger partial charge in [-0.15, -0.1) is 0 Å². The Bertz CT molecular complexity index is 877. The molecule has 2 amide bonds. The van der Waals surface area contributed by atoms with E-state index in [9.17, 15) is 22.8 Å². The number of fused-ring (bicyclic) bond motifs is 1. The van der Waals surface area contributed by atoms with Gasteiger partial charge in [-0.1, -0.05) is 18.2 Å². The second-order valence-corrected chi connectivity index (χ2v) is 6.29. The number of primary amides is 1. The van der Waals surface area contributed by atoms with Crippen molar-refractivity contribution in [3.8, 4) is 0 Å². The second kappa shape index (κ2) is 5.61. The molecule has 0 aliphatic carbocycles. The van der Waals surface area contributed by atoms with Crippen molar-refractivity contribution in [2.75, 3.05) is 5.32 Å².